The van der Waals surface area contributed by atoms with Crippen molar-refractivity contribution in [3.63, 3.8) is 0 Å². The third-order valence-corrected chi connectivity index (χ3v) is 9.12. The Hall–Kier alpha value is -3.05. The lowest BCUT2D eigenvalue weighted by molar-refractivity contribution is -0.385. The number of nitro benzene ring substituents is 1. The average molecular weight is 663 g/mol. The van der Waals surface area contributed by atoms with Crippen LogP contribution in [0.1, 0.15) is 118 Å². The van der Waals surface area contributed by atoms with Gasteiger partial charge in [-0.15, -0.1) is 0 Å². The van der Waals surface area contributed by atoms with Crippen LogP contribution in [0.5, 0.6) is 5.75 Å². The maximum Gasteiger partial charge on any atom is 0.286 e. The third kappa shape index (κ3) is 13.7. The highest BCUT2D eigenvalue weighted by Gasteiger charge is 2.31. The normalized spacial score (nSPS) is 14.7. The summed E-state index contributed by atoms with van der Waals surface area (Å²) in [5, 5.41) is 11.4. The number of nitro groups is 1. The first-order valence-corrected chi connectivity index (χ1v) is 18.2. The largest absolute Gasteiger partial charge is 0.493 e. The Bertz CT molecular complexity index is 1330. The number of benzene rings is 1. The molecule has 0 heterocycles. The number of unbranched alkanes of at least 4 members (excludes halogenated alkanes) is 13. The molecule has 1 aromatic rings. The van der Waals surface area contributed by atoms with E-state index in [1.165, 1.54) is 96.0 Å². The van der Waals surface area contributed by atoms with Gasteiger partial charge in [0.15, 0.2) is 0 Å². The van der Waals surface area contributed by atoms with Gasteiger partial charge in [-0.05, 0) is 24.0 Å². The monoisotopic (exact) mass is 662 g/mol. The molecule has 0 aromatic heterocycles. The summed E-state index contributed by atoms with van der Waals surface area (Å²) in [4.78, 5) is 23.2. The van der Waals surface area contributed by atoms with Crippen molar-refractivity contribution >= 4 is 27.2 Å². The zero-order chi connectivity index (χ0) is 34.0. The van der Waals surface area contributed by atoms with E-state index in [-0.39, 0.29) is 24.7 Å². The van der Waals surface area contributed by atoms with Gasteiger partial charge >= 0.3 is 0 Å². The quantitative estimate of drug-likeness (QED) is 0.0492. The van der Waals surface area contributed by atoms with Crippen molar-refractivity contribution in [2.45, 2.75) is 122 Å². The predicted molar refractivity (Wildman–Crippen MR) is 182 cm³/mol. The molecule has 0 fully saturated rings. The number of allylic oxidation sites excluding steroid dienone is 3. The lowest BCUT2D eigenvalue weighted by Crippen LogP contribution is -2.24. The molecule has 1 aliphatic rings. The zero-order valence-corrected chi connectivity index (χ0v) is 29.3. The number of ether oxygens (including phenoxy) is 3. The minimum Gasteiger partial charge on any atom is -0.493 e. The molecule has 0 amide bonds. The van der Waals surface area contributed by atoms with Crippen molar-refractivity contribution in [1.82, 2.24) is 0 Å². The number of methoxy groups -OCH3 is 1. The Balaban J connectivity index is 2.01. The van der Waals surface area contributed by atoms with E-state index >= 15 is 0 Å². The van der Waals surface area contributed by atoms with Crippen LogP contribution in [-0.2, 0) is 24.3 Å². The molecule has 0 saturated heterocycles. The standard InChI is InChI=1S/C35H54N2O8S/c1-6-7-8-9-10-11-12-13-14-15-16-17-18-19-22-44-33-27-30(31(38)26-29(33)35(2,3)4)36-46(41,42)34-25-28(37(39)40)20-21-32(34)45-24-23-43-5/h20-21,25-27H,6-19,22-24H2,1-5H3/b36-30+. The van der Waals surface area contributed by atoms with Crippen LogP contribution < -0.4 is 4.74 Å². The Morgan fingerprint density at radius 1 is 0.804 bits per heavy atom. The highest BCUT2D eigenvalue weighted by Crippen LogP contribution is 2.35. The fourth-order valence-corrected chi connectivity index (χ4v) is 6.30. The van der Waals surface area contributed by atoms with E-state index in [1.54, 1.807) is 0 Å². The molecular formula is C35H54N2O8S. The van der Waals surface area contributed by atoms with Crippen LogP contribution in [0.4, 0.5) is 5.69 Å². The summed E-state index contributed by atoms with van der Waals surface area (Å²) in [6.45, 7) is 8.70. The van der Waals surface area contributed by atoms with Crippen molar-refractivity contribution in [3.8, 4) is 5.75 Å². The molecule has 0 unspecified atom stereocenters. The van der Waals surface area contributed by atoms with Gasteiger partial charge in [0, 0.05) is 30.9 Å². The van der Waals surface area contributed by atoms with Gasteiger partial charge in [0.1, 0.15) is 28.7 Å². The third-order valence-electron chi connectivity index (χ3n) is 7.80. The molecule has 0 bridgehead atoms. The van der Waals surface area contributed by atoms with Gasteiger partial charge in [-0.2, -0.15) is 12.8 Å². The van der Waals surface area contributed by atoms with Crippen molar-refractivity contribution in [1.29, 1.82) is 0 Å². The molecule has 1 aliphatic carbocycles. The van der Waals surface area contributed by atoms with Crippen LogP contribution >= 0.6 is 0 Å². The second-order valence-electron chi connectivity index (χ2n) is 12.8. The number of hydrogen-bond donors (Lipinski definition) is 0. The van der Waals surface area contributed by atoms with E-state index in [4.69, 9.17) is 14.2 Å². The van der Waals surface area contributed by atoms with Crippen LogP contribution in [0.2, 0.25) is 0 Å². The number of carbonyl (C=O) groups is 1. The van der Waals surface area contributed by atoms with Crippen LogP contribution in [0.15, 0.2) is 51.0 Å². The van der Waals surface area contributed by atoms with Crippen LogP contribution in [-0.4, -0.2) is 51.8 Å². The molecule has 0 spiro atoms. The van der Waals surface area contributed by atoms with Crippen LogP contribution in [0.3, 0.4) is 0 Å². The lowest BCUT2D eigenvalue weighted by atomic mass is 9.82. The number of sulfonamides is 1. The van der Waals surface area contributed by atoms with E-state index in [1.807, 2.05) is 20.8 Å². The van der Waals surface area contributed by atoms with Crippen molar-refractivity contribution in [2.24, 2.45) is 9.81 Å². The molecule has 258 valence electrons. The summed E-state index contributed by atoms with van der Waals surface area (Å²) in [5.41, 5.74) is -0.573. The molecule has 0 aliphatic heterocycles. The van der Waals surface area contributed by atoms with Gasteiger partial charge in [-0.3, -0.25) is 14.9 Å². The maximum absolute atomic E-state index is 13.4. The second kappa shape index (κ2) is 20.2. The van der Waals surface area contributed by atoms with E-state index < -0.39 is 36.7 Å². The fourth-order valence-electron chi connectivity index (χ4n) is 5.15. The van der Waals surface area contributed by atoms with Gasteiger partial charge in [-0.25, -0.2) is 0 Å². The zero-order valence-electron chi connectivity index (χ0n) is 28.5. The Morgan fingerprint density at radius 2 is 1.37 bits per heavy atom. The summed E-state index contributed by atoms with van der Waals surface area (Å²) in [6, 6.07) is 3.21. The smallest absolute Gasteiger partial charge is 0.286 e. The molecule has 0 saturated carbocycles. The Morgan fingerprint density at radius 3 is 1.89 bits per heavy atom. The lowest BCUT2D eigenvalue weighted by Gasteiger charge is -2.27. The molecular weight excluding hydrogens is 608 g/mol. The number of ketones is 1. The highest BCUT2D eigenvalue weighted by atomic mass is 32.2. The molecule has 11 heteroatoms. The van der Waals surface area contributed by atoms with Crippen LogP contribution in [0.25, 0.3) is 0 Å². The minimum atomic E-state index is -4.58. The molecule has 1 aromatic carbocycles. The number of rotatable bonds is 23. The van der Waals surface area contributed by atoms with E-state index in [0.29, 0.717) is 17.9 Å². The molecule has 2 rings (SSSR count). The first-order chi connectivity index (χ1) is 21.9. The summed E-state index contributed by atoms with van der Waals surface area (Å²) in [7, 11) is -3.12. The van der Waals surface area contributed by atoms with Gasteiger partial charge in [0.25, 0.3) is 15.7 Å². The number of nitrogens with zero attached hydrogens (tertiary/aromatic N) is 2. The summed E-state index contributed by atoms with van der Waals surface area (Å²) < 4.78 is 47.2. The fraction of sp³-hybridized carbons (Fsp3) is 0.657. The summed E-state index contributed by atoms with van der Waals surface area (Å²) in [6.07, 6.45) is 20.2. The van der Waals surface area contributed by atoms with Gasteiger partial charge in [0.2, 0.25) is 5.78 Å². The molecule has 10 nitrogen and oxygen atoms in total. The van der Waals surface area contributed by atoms with Gasteiger partial charge in [-0.1, -0.05) is 111 Å². The SMILES string of the molecule is CCCCCCCCCCCCCCCCOC1=C/C(=N\S(=O)(=O)c2cc([N+](=O)[O-])ccc2OCCOC)C(=O)C=C1C(C)(C)C. The van der Waals surface area contributed by atoms with Crippen molar-refractivity contribution < 1.29 is 32.3 Å². The molecule has 0 atom stereocenters. The maximum atomic E-state index is 13.4. The van der Waals surface area contributed by atoms with Gasteiger partial charge in [0.05, 0.1) is 18.1 Å². The van der Waals surface area contributed by atoms with Crippen molar-refractivity contribution in [3.05, 3.63) is 51.8 Å². The topological polar surface area (TPSA) is 134 Å². The van der Waals surface area contributed by atoms with Crippen LogP contribution in [0, 0.1) is 15.5 Å². The van der Waals surface area contributed by atoms with E-state index in [0.717, 1.165) is 31.4 Å². The van der Waals surface area contributed by atoms with Crippen molar-refractivity contribution in [2.75, 3.05) is 26.9 Å². The molecule has 0 N–H and O–H groups in total. The number of hydrogen-bond acceptors (Lipinski definition) is 8. The summed E-state index contributed by atoms with van der Waals surface area (Å²) >= 11 is 0. The number of non-ortho nitro benzene ring substituents is 1. The second-order valence-corrected chi connectivity index (χ2v) is 14.4. The Kier molecular flexibility index (Phi) is 17.2. The average Bonchev–Trinajstić information content (AvgIpc) is 2.99. The minimum absolute atomic E-state index is 0.0150. The predicted octanol–water partition coefficient (Wildman–Crippen LogP) is 8.69. The first kappa shape index (κ1) is 39.1. The molecule has 46 heavy (non-hydrogen) atoms. The van der Waals surface area contributed by atoms with Gasteiger partial charge < -0.3 is 14.2 Å². The molecule has 0 radical (unpaired) electrons. The Labute approximate surface area is 275 Å². The highest BCUT2D eigenvalue weighted by molar-refractivity contribution is 7.90. The van der Waals surface area contributed by atoms with E-state index in [9.17, 15) is 23.3 Å². The summed E-state index contributed by atoms with van der Waals surface area (Å²) in [5.74, 6) is -0.324. The van der Waals surface area contributed by atoms with E-state index in [2.05, 4.69) is 11.3 Å². The first-order valence-electron chi connectivity index (χ1n) is 16.8. The number of carbonyl (C=O) groups excluding carboxylic acids is 1.